The van der Waals surface area contributed by atoms with E-state index in [-0.39, 0.29) is 5.97 Å². The molecule has 4 heteroatoms. The smallest absolute Gasteiger partial charge is 0.340 e. The molecule has 0 saturated heterocycles. The van der Waals surface area contributed by atoms with Crippen LogP contribution in [0.25, 0.3) is 10.9 Å². The molecule has 2 aromatic rings. The van der Waals surface area contributed by atoms with Gasteiger partial charge in [0.2, 0.25) is 0 Å². The molecule has 3 rings (SSSR count). The average Bonchev–Trinajstić information content (AvgIpc) is 2.76. The van der Waals surface area contributed by atoms with Gasteiger partial charge in [0.05, 0.1) is 12.7 Å². The van der Waals surface area contributed by atoms with Gasteiger partial charge in [-0.3, -0.25) is 4.79 Å². The lowest BCUT2D eigenvalue weighted by molar-refractivity contribution is -0.124. The van der Waals surface area contributed by atoms with Crippen LogP contribution in [0, 0.1) is 0 Å². The van der Waals surface area contributed by atoms with Crippen LogP contribution in [0.4, 0.5) is 0 Å². The molecule has 18 heavy (non-hydrogen) atoms. The molecule has 1 aliphatic rings. The largest absolute Gasteiger partial charge is 0.465 e. The normalized spacial score (nSPS) is 15.7. The van der Waals surface area contributed by atoms with Crippen molar-refractivity contribution < 1.29 is 14.3 Å². The Morgan fingerprint density at radius 2 is 2.17 bits per heavy atom. The summed E-state index contributed by atoms with van der Waals surface area (Å²) >= 11 is 0. The third kappa shape index (κ3) is 1.61. The van der Waals surface area contributed by atoms with Crippen molar-refractivity contribution in [2.75, 3.05) is 7.11 Å². The number of ether oxygens (including phenoxy) is 1. The first-order valence-electron chi connectivity index (χ1n) is 5.90. The third-order valence-corrected chi connectivity index (χ3v) is 3.53. The first-order chi connectivity index (χ1) is 8.69. The lowest BCUT2D eigenvalue weighted by Crippen LogP contribution is -2.20. The number of Topliss-reactive ketones (excluding diaryl/α,β-unsaturated/α-hetero) is 1. The van der Waals surface area contributed by atoms with Crippen LogP contribution in [0.2, 0.25) is 0 Å². The summed E-state index contributed by atoms with van der Waals surface area (Å²) < 4.78 is 4.75. The van der Waals surface area contributed by atoms with E-state index in [1.54, 1.807) is 6.20 Å². The Bertz CT molecular complexity index is 634. The number of aromatic amines is 1. The van der Waals surface area contributed by atoms with Gasteiger partial charge in [-0.2, -0.15) is 0 Å². The number of aromatic nitrogens is 1. The van der Waals surface area contributed by atoms with Gasteiger partial charge in [0, 0.05) is 29.9 Å². The topological polar surface area (TPSA) is 59.2 Å². The molecule has 0 radical (unpaired) electrons. The molecule has 0 unspecified atom stereocenters. The van der Waals surface area contributed by atoms with Gasteiger partial charge in [-0.05, 0) is 23.6 Å². The summed E-state index contributed by atoms with van der Waals surface area (Å²) in [6.45, 7) is 0. The SMILES string of the molecule is COC(=O)c1c[nH]c2ccc(C3CC(=O)C3)cc12. The molecule has 1 saturated carbocycles. The van der Waals surface area contributed by atoms with Crippen LogP contribution >= 0.6 is 0 Å². The first-order valence-corrected chi connectivity index (χ1v) is 5.90. The highest BCUT2D eigenvalue weighted by Gasteiger charge is 2.28. The molecule has 1 fully saturated rings. The van der Waals surface area contributed by atoms with E-state index in [9.17, 15) is 9.59 Å². The Labute approximate surface area is 104 Å². The highest BCUT2D eigenvalue weighted by Crippen LogP contribution is 2.35. The number of benzene rings is 1. The number of carbonyl (C=O) groups excluding carboxylic acids is 2. The molecule has 0 aliphatic heterocycles. The molecule has 1 aromatic heterocycles. The number of fused-ring (bicyclic) bond motifs is 1. The van der Waals surface area contributed by atoms with E-state index in [0.717, 1.165) is 16.5 Å². The van der Waals surface area contributed by atoms with E-state index in [1.165, 1.54) is 7.11 Å². The van der Waals surface area contributed by atoms with Crippen molar-refractivity contribution in [3.63, 3.8) is 0 Å². The van der Waals surface area contributed by atoms with Crippen LogP contribution < -0.4 is 0 Å². The van der Waals surface area contributed by atoms with Gasteiger partial charge in [0.15, 0.2) is 0 Å². The summed E-state index contributed by atoms with van der Waals surface area (Å²) in [6, 6.07) is 5.94. The van der Waals surface area contributed by atoms with Crippen molar-refractivity contribution in [1.29, 1.82) is 0 Å². The quantitative estimate of drug-likeness (QED) is 0.824. The van der Waals surface area contributed by atoms with E-state index in [0.29, 0.717) is 30.1 Å². The van der Waals surface area contributed by atoms with Crippen molar-refractivity contribution in [2.24, 2.45) is 0 Å². The van der Waals surface area contributed by atoms with Crippen LogP contribution in [-0.2, 0) is 9.53 Å². The monoisotopic (exact) mass is 243 g/mol. The van der Waals surface area contributed by atoms with Crippen LogP contribution in [0.5, 0.6) is 0 Å². The Morgan fingerprint density at radius 3 is 2.83 bits per heavy atom. The fraction of sp³-hybridized carbons (Fsp3) is 0.286. The van der Waals surface area contributed by atoms with Gasteiger partial charge in [-0.15, -0.1) is 0 Å². The summed E-state index contributed by atoms with van der Waals surface area (Å²) in [5, 5.41) is 0.860. The summed E-state index contributed by atoms with van der Waals surface area (Å²) in [7, 11) is 1.37. The number of H-pyrrole nitrogens is 1. The molecule has 1 heterocycles. The van der Waals surface area contributed by atoms with Crippen LogP contribution in [0.3, 0.4) is 0 Å². The maximum Gasteiger partial charge on any atom is 0.340 e. The van der Waals surface area contributed by atoms with E-state index < -0.39 is 0 Å². The van der Waals surface area contributed by atoms with Gasteiger partial charge >= 0.3 is 5.97 Å². The molecule has 0 amide bonds. The van der Waals surface area contributed by atoms with E-state index in [4.69, 9.17) is 4.74 Å². The van der Waals surface area contributed by atoms with E-state index in [2.05, 4.69) is 4.98 Å². The maximum absolute atomic E-state index is 11.6. The van der Waals surface area contributed by atoms with Crippen LogP contribution in [0.15, 0.2) is 24.4 Å². The Kier molecular flexibility index (Phi) is 2.44. The lowest BCUT2D eigenvalue weighted by Gasteiger charge is -2.24. The summed E-state index contributed by atoms with van der Waals surface area (Å²) in [5.74, 6) is 0.271. The number of hydrogen-bond acceptors (Lipinski definition) is 3. The lowest BCUT2D eigenvalue weighted by atomic mass is 9.78. The second kappa shape index (κ2) is 3.98. The fourth-order valence-corrected chi connectivity index (χ4v) is 2.40. The number of hydrogen-bond donors (Lipinski definition) is 1. The summed E-state index contributed by atoms with van der Waals surface area (Å²) in [6.07, 6.45) is 2.89. The van der Waals surface area contributed by atoms with Crippen molar-refractivity contribution >= 4 is 22.7 Å². The number of rotatable bonds is 2. The van der Waals surface area contributed by atoms with Crippen LogP contribution in [0.1, 0.15) is 34.7 Å². The molecular weight excluding hydrogens is 230 g/mol. The van der Waals surface area contributed by atoms with Crippen molar-refractivity contribution in [3.8, 4) is 0 Å². The molecule has 1 N–H and O–H groups in total. The fourth-order valence-electron chi connectivity index (χ4n) is 2.40. The Morgan fingerprint density at radius 1 is 1.39 bits per heavy atom. The molecule has 1 aromatic carbocycles. The van der Waals surface area contributed by atoms with Gasteiger partial charge in [0.25, 0.3) is 0 Å². The molecule has 0 spiro atoms. The summed E-state index contributed by atoms with van der Waals surface area (Å²) in [5.41, 5.74) is 2.57. The molecule has 4 nitrogen and oxygen atoms in total. The first kappa shape index (κ1) is 11.0. The Balaban J connectivity index is 2.04. The average molecular weight is 243 g/mol. The van der Waals surface area contributed by atoms with Crippen molar-refractivity contribution in [1.82, 2.24) is 4.98 Å². The van der Waals surface area contributed by atoms with Gasteiger partial charge in [0.1, 0.15) is 5.78 Å². The predicted octanol–water partition coefficient (Wildman–Crippen LogP) is 2.40. The third-order valence-electron chi connectivity index (χ3n) is 3.53. The second-order valence-corrected chi connectivity index (χ2v) is 4.64. The van der Waals surface area contributed by atoms with E-state index in [1.807, 2.05) is 18.2 Å². The Hall–Kier alpha value is -2.10. The molecular formula is C14H13NO3. The molecule has 0 bridgehead atoms. The second-order valence-electron chi connectivity index (χ2n) is 4.64. The number of esters is 1. The highest BCUT2D eigenvalue weighted by molar-refractivity contribution is 6.04. The number of nitrogens with one attached hydrogen (secondary N) is 1. The molecule has 0 atom stereocenters. The molecule has 92 valence electrons. The van der Waals surface area contributed by atoms with Gasteiger partial charge in [-0.25, -0.2) is 4.79 Å². The highest BCUT2D eigenvalue weighted by atomic mass is 16.5. The molecule has 1 aliphatic carbocycles. The predicted molar refractivity (Wildman–Crippen MR) is 66.6 cm³/mol. The summed E-state index contributed by atoms with van der Waals surface area (Å²) in [4.78, 5) is 25.7. The van der Waals surface area contributed by atoms with Crippen LogP contribution in [-0.4, -0.2) is 23.8 Å². The number of carbonyl (C=O) groups is 2. The van der Waals surface area contributed by atoms with Gasteiger partial charge < -0.3 is 9.72 Å². The van der Waals surface area contributed by atoms with Crippen molar-refractivity contribution in [2.45, 2.75) is 18.8 Å². The standard InChI is InChI=1S/C14H13NO3/c1-18-14(17)12-7-15-13-3-2-8(6-11(12)13)9-4-10(16)5-9/h2-3,6-7,9,15H,4-5H2,1H3. The van der Waals surface area contributed by atoms with Gasteiger partial charge in [-0.1, -0.05) is 6.07 Å². The van der Waals surface area contributed by atoms with E-state index >= 15 is 0 Å². The number of ketones is 1. The zero-order chi connectivity index (χ0) is 12.7. The minimum Gasteiger partial charge on any atom is -0.465 e. The maximum atomic E-state index is 11.6. The minimum atomic E-state index is -0.344. The zero-order valence-corrected chi connectivity index (χ0v) is 10.0. The minimum absolute atomic E-state index is 0.308. The zero-order valence-electron chi connectivity index (χ0n) is 10.0. The number of methoxy groups -OCH3 is 1. The van der Waals surface area contributed by atoms with Crippen molar-refractivity contribution in [3.05, 3.63) is 35.5 Å².